The van der Waals surface area contributed by atoms with Crippen LogP contribution in [-0.2, 0) is 22.3 Å². The van der Waals surface area contributed by atoms with E-state index >= 15 is 0 Å². The van der Waals surface area contributed by atoms with Gasteiger partial charge in [0.05, 0.1) is 12.6 Å². The Labute approximate surface area is 126 Å². The van der Waals surface area contributed by atoms with Crippen molar-refractivity contribution in [2.24, 2.45) is 5.84 Å². The van der Waals surface area contributed by atoms with Gasteiger partial charge in [-0.1, -0.05) is 12.1 Å². The van der Waals surface area contributed by atoms with Gasteiger partial charge in [0.1, 0.15) is 5.75 Å². The van der Waals surface area contributed by atoms with Crippen LogP contribution in [0.4, 0.5) is 0 Å². The summed E-state index contributed by atoms with van der Waals surface area (Å²) in [5.41, 5.74) is 5.42. The molecule has 0 aliphatic carbocycles. The third kappa shape index (κ3) is 4.41. The Bertz CT molecular complexity index is 434. The Hall–Kier alpha value is -1.14. The quantitative estimate of drug-likeness (QED) is 0.413. The molecule has 1 aromatic rings. The van der Waals surface area contributed by atoms with Crippen LogP contribution < -0.4 is 16.0 Å². The van der Waals surface area contributed by atoms with Crippen LogP contribution in [0, 0.1) is 0 Å². The number of hydrogen-bond donors (Lipinski definition) is 2. The number of aryl methyl sites for hydroxylation is 1. The monoisotopic (exact) mass is 294 g/mol. The summed E-state index contributed by atoms with van der Waals surface area (Å²) in [5.74, 6) is 6.68. The summed E-state index contributed by atoms with van der Waals surface area (Å²) in [6, 6.07) is 6.39. The summed E-state index contributed by atoms with van der Waals surface area (Å²) >= 11 is 0. The average molecular weight is 294 g/mol. The van der Waals surface area contributed by atoms with Crippen LogP contribution in [0.25, 0.3) is 0 Å². The maximum atomic E-state index is 5.66. The third-order valence-electron chi connectivity index (χ3n) is 3.70. The first-order chi connectivity index (χ1) is 10.3. The van der Waals surface area contributed by atoms with Crippen molar-refractivity contribution in [2.45, 2.75) is 45.4 Å². The Morgan fingerprint density at radius 1 is 1.29 bits per heavy atom. The minimum Gasteiger partial charge on any atom is -0.493 e. The van der Waals surface area contributed by atoms with E-state index in [2.05, 4.69) is 23.6 Å². The first kappa shape index (κ1) is 16.2. The summed E-state index contributed by atoms with van der Waals surface area (Å²) in [7, 11) is 0. The first-order valence-electron chi connectivity index (χ1n) is 7.72. The molecule has 5 nitrogen and oxygen atoms in total. The fraction of sp³-hybridized carbons (Fsp3) is 0.625. The largest absolute Gasteiger partial charge is 0.493 e. The summed E-state index contributed by atoms with van der Waals surface area (Å²) in [6.07, 6.45) is 2.49. The molecule has 118 valence electrons. The van der Waals surface area contributed by atoms with E-state index in [1.165, 1.54) is 11.1 Å². The molecule has 0 bridgehead atoms. The molecule has 3 N–H and O–H groups in total. The fourth-order valence-electron chi connectivity index (χ4n) is 2.62. The van der Waals surface area contributed by atoms with Gasteiger partial charge in [-0.05, 0) is 43.9 Å². The molecule has 1 aliphatic rings. The Morgan fingerprint density at radius 3 is 2.71 bits per heavy atom. The molecule has 0 fully saturated rings. The lowest BCUT2D eigenvalue weighted by molar-refractivity contribution is -0.155. The van der Waals surface area contributed by atoms with Gasteiger partial charge in [-0.15, -0.1) is 0 Å². The molecule has 21 heavy (non-hydrogen) atoms. The van der Waals surface area contributed by atoms with E-state index in [-0.39, 0.29) is 12.3 Å². The second-order valence-electron chi connectivity index (χ2n) is 5.13. The van der Waals surface area contributed by atoms with E-state index in [1.54, 1.807) is 0 Å². The van der Waals surface area contributed by atoms with Gasteiger partial charge in [-0.25, -0.2) is 0 Å². The normalized spacial score (nSPS) is 15.0. The topological polar surface area (TPSA) is 65.7 Å². The van der Waals surface area contributed by atoms with Crippen LogP contribution in [-0.4, -0.2) is 32.2 Å². The molecule has 0 saturated heterocycles. The maximum absolute atomic E-state index is 5.66. The molecule has 1 heterocycles. The SMILES string of the molecule is CCOC(OCC)C(CCc1ccc2c(c1)CCO2)NN. The number of rotatable bonds is 9. The number of hydrazine groups is 1. The second-order valence-corrected chi connectivity index (χ2v) is 5.13. The standard InChI is InChI=1S/C16H26N2O3/c1-3-19-16(20-4-2)14(18-17)7-5-12-6-8-15-13(11-12)9-10-21-15/h6,8,11,14,16,18H,3-5,7,9-10,17H2,1-2H3. The zero-order chi connectivity index (χ0) is 15.1. The highest BCUT2D eigenvalue weighted by Gasteiger charge is 2.21. The van der Waals surface area contributed by atoms with Crippen LogP contribution in [0.2, 0.25) is 0 Å². The number of hydrogen-bond acceptors (Lipinski definition) is 5. The zero-order valence-corrected chi connectivity index (χ0v) is 12.9. The number of ether oxygens (including phenoxy) is 3. The molecule has 0 spiro atoms. The number of fused-ring (bicyclic) bond motifs is 1. The highest BCUT2D eigenvalue weighted by atomic mass is 16.7. The highest BCUT2D eigenvalue weighted by Crippen LogP contribution is 2.26. The lowest BCUT2D eigenvalue weighted by Crippen LogP contribution is -2.46. The lowest BCUT2D eigenvalue weighted by Gasteiger charge is -2.26. The molecule has 1 atom stereocenters. The lowest BCUT2D eigenvalue weighted by atomic mass is 10.0. The van der Waals surface area contributed by atoms with Gasteiger partial charge in [-0.3, -0.25) is 11.3 Å². The summed E-state index contributed by atoms with van der Waals surface area (Å²) in [6.45, 7) is 5.93. The van der Waals surface area contributed by atoms with Crippen LogP contribution in [0.1, 0.15) is 31.4 Å². The van der Waals surface area contributed by atoms with Crippen molar-refractivity contribution in [1.82, 2.24) is 5.43 Å². The maximum Gasteiger partial charge on any atom is 0.174 e. The van der Waals surface area contributed by atoms with Crippen LogP contribution in [0.15, 0.2) is 18.2 Å². The van der Waals surface area contributed by atoms with Gasteiger partial charge in [-0.2, -0.15) is 0 Å². The molecule has 1 unspecified atom stereocenters. The fourth-order valence-corrected chi connectivity index (χ4v) is 2.62. The van der Waals surface area contributed by atoms with Crippen molar-refractivity contribution in [3.63, 3.8) is 0 Å². The van der Waals surface area contributed by atoms with Crippen LogP contribution >= 0.6 is 0 Å². The van der Waals surface area contributed by atoms with Gasteiger partial charge < -0.3 is 14.2 Å². The van der Waals surface area contributed by atoms with Crippen LogP contribution in [0.5, 0.6) is 5.75 Å². The number of nitrogens with two attached hydrogens (primary N) is 1. The predicted molar refractivity (Wildman–Crippen MR) is 82.1 cm³/mol. The minimum atomic E-state index is -0.303. The van der Waals surface area contributed by atoms with Gasteiger partial charge in [0.25, 0.3) is 0 Å². The molecule has 0 aromatic heterocycles. The van der Waals surface area contributed by atoms with E-state index in [1.807, 2.05) is 13.8 Å². The van der Waals surface area contributed by atoms with Gasteiger partial charge in [0.2, 0.25) is 0 Å². The van der Waals surface area contributed by atoms with E-state index in [0.29, 0.717) is 13.2 Å². The van der Waals surface area contributed by atoms with E-state index < -0.39 is 0 Å². The summed E-state index contributed by atoms with van der Waals surface area (Å²) < 4.78 is 16.8. The molecule has 1 aliphatic heterocycles. The Morgan fingerprint density at radius 2 is 2.05 bits per heavy atom. The molecule has 5 heteroatoms. The van der Waals surface area contributed by atoms with Crippen molar-refractivity contribution >= 4 is 0 Å². The zero-order valence-electron chi connectivity index (χ0n) is 12.9. The molecule has 2 rings (SSSR count). The number of nitrogens with one attached hydrogen (secondary N) is 1. The molecular formula is C16H26N2O3. The van der Waals surface area contributed by atoms with E-state index in [9.17, 15) is 0 Å². The van der Waals surface area contributed by atoms with Gasteiger partial charge in [0, 0.05) is 19.6 Å². The van der Waals surface area contributed by atoms with E-state index in [4.69, 9.17) is 20.1 Å². The Kier molecular flexibility index (Phi) is 6.45. The van der Waals surface area contributed by atoms with Crippen molar-refractivity contribution in [3.8, 4) is 5.75 Å². The second kappa shape index (κ2) is 8.34. The highest BCUT2D eigenvalue weighted by molar-refractivity contribution is 5.39. The van der Waals surface area contributed by atoms with Crippen molar-refractivity contribution in [1.29, 1.82) is 0 Å². The smallest absolute Gasteiger partial charge is 0.174 e. The molecule has 1 aromatic carbocycles. The number of benzene rings is 1. The van der Waals surface area contributed by atoms with Crippen molar-refractivity contribution in [2.75, 3.05) is 19.8 Å². The predicted octanol–water partition coefficient (Wildman–Crippen LogP) is 1.79. The molecule has 0 amide bonds. The minimum absolute atomic E-state index is 0.0191. The first-order valence-corrected chi connectivity index (χ1v) is 7.72. The van der Waals surface area contributed by atoms with Crippen LogP contribution in [0.3, 0.4) is 0 Å². The molecular weight excluding hydrogens is 268 g/mol. The van der Waals surface area contributed by atoms with Gasteiger partial charge in [0.15, 0.2) is 6.29 Å². The third-order valence-corrected chi connectivity index (χ3v) is 3.70. The average Bonchev–Trinajstić information content (AvgIpc) is 2.96. The summed E-state index contributed by atoms with van der Waals surface area (Å²) in [5, 5.41) is 0. The van der Waals surface area contributed by atoms with E-state index in [0.717, 1.165) is 31.6 Å². The molecule has 0 saturated carbocycles. The van der Waals surface area contributed by atoms with Crippen molar-refractivity contribution < 1.29 is 14.2 Å². The molecule has 0 radical (unpaired) electrons. The Balaban J connectivity index is 1.92. The van der Waals surface area contributed by atoms with Crippen molar-refractivity contribution in [3.05, 3.63) is 29.3 Å². The summed E-state index contributed by atoms with van der Waals surface area (Å²) in [4.78, 5) is 0. The van der Waals surface area contributed by atoms with Gasteiger partial charge >= 0.3 is 0 Å².